The molecular weight excluding hydrogens is 288 g/mol. The first-order valence-electron chi connectivity index (χ1n) is 7.76. The Labute approximate surface area is 131 Å². The van der Waals surface area contributed by atoms with E-state index in [1.165, 1.54) is 18.4 Å². The van der Waals surface area contributed by atoms with Gasteiger partial charge >= 0.3 is 0 Å². The topological polar surface area (TPSA) is 47.7 Å². The van der Waals surface area contributed by atoms with Gasteiger partial charge in [-0.15, -0.1) is 0 Å². The molecule has 0 radical (unpaired) electrons. The van der Waals surface area contributed by atoms with Gasteiger partial charge in [0.15, 0.2) is 11.5 Å². The molecule has 116 valence electrons. The molecule has 0 amide bonds. The second-order valence-electron chi connectivity index (χ2n) is 5.91. The fourth-order valence-corrected chi connectivity index (χ4v) is 3.30. The number of rotatable bonds is 3. The van der Waals surface area contributed by atoms with Crippen LogP contribution in [0.5, 0.6) is 11.5 Å². The molecule has 2 aliphatic rings. The van der Waals surface area contributed by atoms with Gasteiger partial charge in [-0.3, -0.25) is 4.90 Å². The first-order chi connectivity index (χ1) is 10.3. The molecule has 0 aromatic heterocycles. The zero-order valence-corrected chi connectivity index (χ0v) is 13.1. The first kappa shape index (κ1) is 14.9. The van der Waals surface area contributed by atoms with E-state index < -0.39 is 0 Å². The van der Waals surface area contributed by atoms with Crippen molar-refractivity contribution >= 4 is 11.6 Å². The standard InChI is InChI=1S/C16H23ClN2O2/c17-14-8-13(9-15-16(14)21-7-1-6-20-15)11-19-4-2-12(10-18)3-5-19/h8-9,12H,1-7,10-11,18H2. The van der Waals surface area contributed by atoms with Gasteiger partial charge in [-0.2, -0.15) is 0 Å². The SMILES string of the molecule is NCC1CCN(Cc2cc(Cl)c3c(c2)OCCCO3)CC1. The van der Waals surface area contributed by atoms with E-state index in [0.29, 0.717) is 29.9 Å². The highest BCUT2D eigenvalue weighted by molar-refractivity contribution is 6.32. The summed E-state index contributed by atoms with van der Waals surface area (Å²) in [7, 11) is 0. The number of likely N-dealkylation sites (tertiary alicyclic amines) is 1. The minimum absolute atomic E-state index is 0.654. The minimum atomic E-state index is 0.654. The molecule has 0 aliphatic carbocycles. The third kappa shape index (κ3) is 3.62. The van der Waals surface area contributed by atoms with Gasteiger partial charge in [-0.25, -0.2) is 0 Å². The van der Waals surface area contributed by atoms with Crippen molar-refractivity contribution < 1.29 is 9.47 Å². The number of benzene rings is 1. The van der Waals surface area contributed by atoms with Crippen LogP contribution in [0.4, 0.5) is 0 Å². The zero-order chi connectivity index (χ0) is 14.7. The summed E-state index contributed by atoms with van der Waals surface area (Å²) in [6.07, 6.45) is 3.27. The lowest BCUT2D eigenvalue weighted by atomic mass is 9.97. The summed E-state index contributed by atoms with van der Waals surface area (Å²) in [6.45, 7) is 5.28. The van der Waals surface area contributed by atoms with Crippen LogP contribution in [0, 0.1) is 5.92 Å². The lowest BCUT2D eigenvalue weighted by Gasteiger charge is -2.31. The summed E-state index contributed by atoms with van der Waals surface area (Å²) in [6, 6.07) is 4.08. The second kappa shape index (κ2) is 6.86. The Morgan fingerprint density at radius 2 is 1.95 bits per heavy atom. The molecule has 2 aliphatic heterocycles. The summed E-state index contributed by atoms with van der Waals surface area (Å²) in [5.74, 6) is 2.17. The Kier molecular flexibility index (Phi) is 4.88. The molecule has 0 atom stereocenters. The van der Waals surface area contributed by atoms with Crippen molar-refractivity contribution in [3.8, 4) is 11.5 Å². The molecule has 0 saturated carbocycles. The summed E-state index contributed by atoms with van der Waals surface area (Å²) >= 11 is 6.34. The maximum Gasteiger partial charge on any atom is 0.179 e. The van der Waals surface area contributed by atoms with Gasteiger partial charge in [-0.1, -0.05) is 11.6 Å². The molecule has 5 heteroatoms. The predicted octanol–water partition coefficient (Wildman–Crippen LogP) is 2.67. The molecule has 2 N–H and O–H groups in total. The third-order valence-corrected chi connectivity index (χ3v) is 4.59. The normalized spacial score (nSPS) is 20.3. The summed E-state index contributed by atoms with van der Waals surface area (Å²) < 4.78 is 11.4. The molecule has 1 aromatic rings. The van der Waals surface area contributed by atoms with Crippen LogP contribution in [-0.4, -0.2) is 37.7 Å². The van der Waals surface area contributed by atoms with Gasteiger partial charge in [0.05, 0.1) is 18.2 Å². The molecule has 0 spiro atoms. The number of nitrogens with two attached hydrogens (primary N) is 1. The quantitative estimate of drug-likeness (QED) is 0.932. The minimum Gasteiger partial charge on any atom is -0.489 e. The van der Waals surface area contributed by atoms with Crippen LogP contribution in [0.1, 0.15) is 24.8 Å². The maximum absolute atomic E-state index is 6.34. The van der Waals surface area contributed by atoms with E-state index in [1.807, 2.05) is 6.07 Å². The highest BCUT2D eigenvalue weighted by atomic mass is 35.5. The molecular formula is C16H23ClN2O2. The van der Waals surface area contributed by atoms with E-state index in [4.69, 9.17) is 26.8 Å². The lowest BCUT2D eigenvalue weighted by molar-refractivity contribution is 0.180. The zero-order valence-electron chi connectivity index (χ0n) is 12.3. The highest BCUT2D eigenvalue weighted by Gasteiger charge is 2.20. The van der Waals surface area contributed by atoms with Crippen LogP contribution in [0.15, 0.2) is 12.1 Å². The Balaban J connectivity index is 1.69. The highest BCUT2D eigenvalue weighted by Crippen LogP contribution is 2.38. The van der Waals surface area contributed by atoms with E-state index in [1.54, 1.807) is 0 Å². The lowest BCUT2D eigenvalue weighted by Crippen LogP contribution is -2.35. The van der Waals surface area contributed by atoms with Crippen molar-refractivity contribution in [2.45, 2.75) is 25.8 Å². The molecule has 21 heavy (non-hydrogen) atoms. The molecule has 1 saturated heterocycles. The van der Waals surface area contributed by atoms with Crippen LogP contribution in [0.3, 0.4) is 0 Å². The number of fused-ring (bicyclic) bond motifs is 1. The van der Waals surface area contributed by atoms with Crippen LogP contribution in [0.25, 0.3) is 0 Å². The van der Waals surface area contributed by atoms with E-state index >= 15 is 0 Å². The van der Waals surface area contributed by atoms with Gasteiger partial charge in [0, 0.05) is 13.0 Å². The van der Waals surface area contributed by atoms with E-state index in [9.17, 15) is 0 Å². The number of piperidine rings is 1. The van der Waals surface area contributed by atoms with Crippen molar-refractivity contribution in [1.82, 2.24) is 4.90 Å². The number of hydrogen-bond donors (Lipinski definition) is 1. The second-order valence-corrected chi connectivity index (χ2v) is 6.32. The molecule has 4 nitrogen and oxygen atoms in total. The Bertz CT molecular complexity index is 487. The van der Waals surface area contributed by atoms with E-state index in [2.05, 4.69) is 11.0 Å². The Hall–Kier alpha value is -0.970. The smallest absolute Gasteiger partial charge is 0.179 e. The summed E-state index contributed by atoms with van der Waals surface area (Å²) in [5, 5.41) is 0.654. The van der Waals surface area contributed by atoms with Crippen molar-refractivity contribution in [3.05, 3.63) is 22.7 Å². The Morgan fingerprint density at radius 1 is 1.19 bits per heavy atom. The van der Waals surface area contributed by atoms with Crippen molar-refractivity contribution in [2.75, 3.05) is 32.8 Å². The number of halogens is 1. The van der Waals surface area contributed by atoms with Crippen molar-refractivity contribution in [1.29, 1.82) is 0 Å². The van der Waals surface area contributed by atoms with Crippen LogP contribution >= 0.6 is 11.6 Å². The number of hydrogen-bond acceptors (Lipinski definition) is 4. The summed E-state index contributed by atoms with van der Waals surface area (Å²) in [4.78, 5) is 2.46. The largest absolute Gasteiger partial charge is 0.489 e. The van der Waals surface area contributed by atoms with Crippen LogP contribution in [-0.2, 0) is 6.54 Å². The van der Waals surface area contributed by atoms with Crippen molar-refractivity contribution in [3.63, 3.8) is 0 Å². The molecule has 0 unspecified atom stereocenters. The maximum atomic E-state index is 6.34. The number of nitrogens with zero attached hydrogens (tertiary/aromatic N) is 1. The van der Waals surface area contributed by atoms with Gasteiger partial charge in [0.1, 0.15) is 0 Å². The van der Waals surface area contributed by atoms with Crippen LogP contribution in [0.2, 0.25) is 5.02 Å². The molecule has 1 aromatic carbocycles. The fourth-order valence-electron chi connectivity index (χ4n) is 3.01. The first-order valence-corrected chi connectivity index (χ1v) is 8.14. The predicted molar refractivity (Wildman–Crippen MR) is 84.1 cm³/mol. The average Bonchev–Trinajstić information content (AvgIpc) is 2.74. The average molecular weight is 311 g/mol. The van der Waals surface area contributed by atoms with Crippen molar-refractivity contribution in [2.24, 2.45) is 11.7 Å². The van der Waals surface area contributed by atoms with E-state index in [-0.39, 0.29) is 0 Å². The third-order valence-electron chi connectivity index (χ3n) is 4.31. The van der Waals surface area contributed by atoms with Gasteiger partial charge < -0.3 is 15.2 Å². The summed E-state index contributed by atoms with van der Waals surface area (Å²) in [5.41, 5.74) is 6.94. The van der Waals surface area contributed by atoms with Gasteiger partial charge in [-0.05, 0) is 56.1 Å². The Morgan fingerprint density at radius 3 is 2.71 bits per heavy atom. The van der Waals surface area contributed by atoms with Gasteiger partial charge in [0.2, 0.25) is 0 Å². The molecule has 0 bridgehead atoms. The van der Waals surface area contributed by atoms with Gasteiger partial charge in [0.25, 0.3) is 0 Å². The molecule has 3 rings (SSSR count). The molecule has 2 heterocycles. The molecule has 1 fully saturated rings. The fraction of sp³-hybridized carbons (Fsp3) is 0.625. The number of ether oxygens (including phenoxy) is 2. The van der Waals surface area contributed by atoms with E-state index in [0.717, 1.165) is 38.3 Å². The van der Waals surface area contributed by atoms with Crippen LogP contribution < -0.4 is 15.2 Å². The monoisotopic (exact) mass is 310 g/mol.